The first kappa shape index (κ1) is 23.8. The van der Waals surface area contributed by atoms with Crippen molar-refractivity contribution in [3.05, 3.63) is 47.5 Å². The molecule has 0 saturated carbocycles. The summed E-state index contributed by atoms with van der Waals surface area (Å²) in [4.78, 5) is 11.5. The van der Waals surface area contributed by atoms with E-state index in [2.05, 4.69) is 30.5 Å². The highest BCUT2D eigenvalue weighted by Gasteiger charge is 2.26. The van der Waals surface area contributed by atoms with E-state index >= 15 is 0 Å². The molecule has 164 valence electrons. The predicted octanol–water partition coefficient (Wildman–Crippen LogP) is 3.19. The third-order valence-corrected chi connectivity index (χ3v) is 5.07. The van der Waals surface area contributed by atoms with Crippen molar-refractivity contribution in [3.63, 3.8) is 0 Å². The van der Waals surface area contributed by atoms with Gasteiger partial charge in [0.1, 0.15) is 17.2 Å². The molecule has 0 unspecified atom stereocenters. The number of hydrogen-bond acceptors (Lipinski definition) is 6. The van der Waals surface area contributed by atoms with Gasteiger partial charge in [-0.2, -0.15) is 0 Å². The standard InChI is InChI=1S/C22H28N2O5.ClH/c1-22(2,9-8-14-6-4-5-7-19(14)28-3)23-12-18(26)16-10-15(25)11-17-21(16)29-13-20(27)24-17;/h4-7,10-11,18,23,25-26H,8-9,12-13H2,1-3H3,(H,24,27);1H/t18-;/m0./s1. The van der Waals surface area contributed by atoms with Crippen LogP contribution in [0.15, 0.2) is 36.4 Å². The molecule has 7 nitrogen and oxygen atoms in total. The molecule has 8 heteroatoms. The first-order chi connectivity index (χ1) is 13.8. The molecule has 0 aliphatic carbocycles. The highest BCUT2D eigenvalue weighted by Crippen LogP contribution is 2.38. The lowest BCUT2D eigenvalue weighted by Gasteiger charge is -2.29. The normalized spacial score (nSPS) is 14.1. The fourth-order valence-corrected chi connectivity index (χ4v) is 3.39. The zero-order valence-corrected chi connectivity index (χ0v) is 18.2. The second-order valence-corrected chi connectivity index (χ2v) is 7.84. The minimum atomic E-state index is -0.906. The van der Waals surface area contributed by atoms with Crippen LogP contribution < -0.4 is 20.1 Å². The van der Waals surface area contributed by atoms with Gasteiger partial charge in [0.25, 0.3) is 5.91 Å². The van der Waals surface area contributed by atoms with Crippen LogP contribution in [0.5, 0.6) is 17.2 Å². The average molecular weight is 437 g/mol. The van der Waals surface area contributed by atoms with Crippen molar-refractivity contribution in [1.82, 2.24) is 5.32 Å². The van der Waals surface area contributed by atoms with Gasteiger partial charge < -0.3 is 30.3 Å². The molecule has 1 atom stereocenters. The maximum atomic E-state index is 11.5. The summed E-state index contributed by atoms with van der Waals surface area (Å²) < 4.78 is 10.9. The predicted molar refractivity (Wildman–Crippen MR) is 118 cm³/mol. The first-order valence-corrected chi connectivity index (χ1v) is 9.63. The number of phenolic OH excluding ortho intramolecular Hbond substituents is 1. The van der Waals surface area contributed by atoms with Crippen LogP contribution in [0.4, 0.5) is 5.69 Å². The van der Waals surface area contributed by atoms with Crippen LogP contribution in [0.2, 0.25) is 0 Å². The van der Waals surface area contributed by atoms with E-state index in [1.54, 1.807) is 7.11 Å². The van der Waals surface area contributed by atoms with Gasteiger partial charge in [0.05, 0.1) is 18.9 Å². The molecule has 2 aromatic rings. The summed E-state index contributed by atoms with van der Waals surface area (Å²) in [5, 5.41) is 26.7. The molecular formula is C22H29ClN2O5. The Kier molecular flexibility index (Phi) is 7.95. The number of amides is 1. The Labute approximate surface area is 182 Å². The third kappa shape index (κ3) is 5.78. The smallest absolute Gasteiger partial charge is 0.262 e. The fourth-order valence-electron chi connectivity index (χ4n) is 3.39. The number of aryl methyl sites for hydroxylation is 1. The number of benzene rings is 2. The Morgan fingerprint density at radius 2 is 2.03 bits per heavy atom. The van der Waals surface area contributed by atoms with E-state index in [0.717, 1.165) is 24.2 Å². The van der Waals surface area contributed by atoms with Gasteiger partial charge in [-0.05, 0) is 44.4 Å². The Hall–Kier alpha value is -2.48. The van der Waals surface area contributed by atoms with Crippen molar-refractivity contribution in [1.29, 1.82) is 0 Å². The molecule has 0 bridgehead atoms. The number of aromatic hydroxyl groups is 1. The summed E-state index contributed by atoms with van der Waals surface area (Å²) in [6.45, 7) is 4.30. The topological polar surface area (TPSA) is 100 Å². The number of ether oxygens (including phenoxy) is 2. The number of carbonyl (C=O) groups is 1. The van der Waals surface area contributed by atoms with Crippen LogP contribution in [0.25, 0.3) is 0 Å². The highest BCUT2D eigenvalue weighted by molar-refractivity contribution is 5.96. The maximum absolute atomic E-state index is 11.5. The Morgan fingerprint density at radius 3 is 2.77 bits per heavy atom. The van der Waals surface area contributed by atoms with Gasteiger partial charge in [-0.15, -0.1) is 12.4 Å². The van der Waals surface area contributed by atoms with E-state index in [0.29, 0.717) is 17.0 Å². The number of phenols is 1. The van der Waals surface area contributed by atoms with Gasteiger partial charge in [0, 0.05) is 23.7 Å². The van der Waals surface area contributed by atoms with Crippen molar-refractivity contribution in [2.24, 2.45) is 0 Å². The Bertz CT molecular complexity index is 888. The monoisotopic (exact) mass is 436 g/mol. The molecule has 1 heterocycles. The number of β-amino-alcohol motifs (C(OH)–C–C–N with tert-alkyl or cyclic N) is 1. The summed E-state index contributed by atoms with van der Waals surface area (Å²) >= 11 is 0. The fraction of sp³-hybridized carbons (Fsp3) is 0.409. The lowest BCUT2D eigenvalue weighted by atomic mass is 9.94. The minimum Gasteiger partial charge on any atom is -0.508 e. The minimum absolute atomic E-state index is 0. The molecule has 0 saturated heterocycles. The number of methoxy groups -OCH3 is 1. The number of fused-ring (bicyclic) bond motifs is 1. The molecule has 0 aromatic heterocycles. The molecule has 0 fully saturated rings. The van der Waals surface area contributed by atoms with Gasteiger partial charge >= 0.3 is 0 Å². The van der Waals surface area contributed by atoms with Crippen molar-refractivity contribution in [3.8, 4) is 17.2 Å². The molecule has 1 amide bonds. The lowest BCUT2D eigenvalue weighted by molar-refractivity contribution is -0.118. The third-order valence-electron chi connectivity index (χ3n) is 5.07. The SMILES string of the molecule is COc1ccccc1CCC(C)(C)NC[C@H](O)c1cc(O)cc2c1OCC(=O)N2.Cl. The second-order valence-electron chi connectivity index (χ2n) is 7.84. The van der Waals surface area contributed by atoms with Crippen LogP contribution in [0.1, 0.15) is 37.5 Å². The molecule has 1 aliphatic heterocycles. The van der Waals surface area contributed by atoms with E-state index < -0.39 is 6.10 Å². The number of aliphatic hydroxyl groups excluding tert-OH is 1. The molecule has 30 heavy (non-hydrogen) atoms. The largest absolute Gasteiger partial charge is 0.508 e. The first-order valence-electron chi connectivity index (χ1n) is 9.63. The molecule has 0 spiro atoms. The number of anilines is 1. The summed E-state index contributed by atoms with van der Waals surface area (Å²) in [7, 11) is 1.67. The van der Waals surface area contributed by atoms with Crippen LogP contribution in [-0.4, -0.2) is 41.9 Å². The zero-order valence-electron chi connectivity index (χ0n) is 17.4. The van der Waals surface area contributed by atoms with E-state index in [1.165, 1.54) is 12.1 Å². The van der Waals surface area contributed by atoms with Crippen LogP contribution in [0, 0.1) is 0 Å². The van der Waals surface area contributed by atoms with E-state index in [9.17, 15) is 15.0 Å². The van der Waals surface area contributed by atoms with Gasteiger partial charge in [-0.1, -0.05) is 18.2 Å². The van der Waals surface area contributed by atoms with Crippen molar-refractivity contribution < 1.29 is 24.5 Å². The number of para-hydroxylation sites is 1. The van der Waals surface area contributed by atoms with E-state index in [-0.39, 0.29) is 42.8 Å². The Morgan fingerprint density at radius 1 is 1.30 bits per heavy atom. The lowest BCUT2D eigenvalue weighted by Crippen LogP contribution is -2.42. The summed E-state index contributed by atoms with van der Waals surface area (Å²) in [5.41, 5.74) is 1.70. The van der Waals surface area contributed by atoms with Gasteiger partial charge in [-0.25, -0.2) is 0 Å². The molecular weight excluding hydrogens is 408 g/mol. The van der Waals surface area contributed by atoms with Gasteiger partial charge in [0.2, 0.25) is 0 Å². The van der Waals surface area contributed by atoms with E-state index in [1.807, 2.05) is 18.2 Å². The molecule has 0 radical (unpaired) electrons. The zero-order chi connectivity index (χ0) is 21.0. The van der Waals surface area contributed by atoms with Crippen molar-refractivity contribution in [2.45, 2.75) is 38.3 Å². The maximum Gasteiger partial charge on any atom is 0.262 e. The highest BCUT2D eigenvalue weighted by atomic mass is 35.5. The Balaban J connectivity index is 0.00000320. The number of hydrogen-bond donors (Lipinski definition) is 4. The molecule has 2 aromatic carbocycles. The van der Waals surface area contributed by atoms with Gasteiger partial charge in [-0.3, -0.25) is 4.79 Å². The molecule has 3 rings (SSSR count). The molecule has 1 aliphatic rings. The summed E-state index contributed by atoms with van der Waals surface area (Å²) in [6, 6.07) is 10.8. The van der Waals surface area contributed by atoms with Crippen LogP contribution >= 0.6 is 12.4 Å². The summed E-state index contributed by atoms with van der Waals surface area (Å²) in [5.74, 6) is 0.926. The van der Waals surface area contributed by atoms with Crippen molar-refractivity contribution >= 4 is 24.0 Å². The van der Waals surface area contributed by atoms with Crippen molar-refractivity contribution in [2.75, 3.05) is 25.6 Å². The average Bonchev–Trinajstić information content (AvgIpc) is 2.70. The summed E-state index contributed by atoms with van der Waals surface area (Å²) in [6.07, 6.45) is 0.762. The number of rotatable bonds is 8. The van der Waals surface area contributed by atoms with Gasteiger partial charge in [0.15, 0.2) is 6.61 Å². The number of carbonyl (C=O) groups excluding carboxylic acids is 1. The quantitative estimate of drug-likeness (QED) is 0.507. The van der Waals surface area contributed by atoms with E-state index in [4.69, 9.17) is 9.47 Å². The number of nitrogens with one attached hydrogen (secondary N) is 2. The molecule has 4 N–H and O–H groups in total. The second kappa shape index (κ2) is 10.0. The van der Waals surface area contributed by atoms with Crippen LogP contribution in [-0.2, 0) is 11.2 Å². The number of aliphatic hydroxyl groups is 1. The number of halogens is 1. The van der Waals surface area contributed by atoms with Crippen LogP contribution in [0.3, 0.4) is 0 Å².